The Morgan fingerprint density at radius 2 is 2.33 bits per heavy atom. The van der Waals surface area contributed by atoms with Gasteiger partial charge in [0.25, 0.3) is 0 Å². The molecule has 0 spiro atoms. The number of hydrogen-bond donors (Lipinski definition) is 0. The van der Waals surface area contributed by atoms with Gasteiger partial charge in [0.1, 0.15) is 0 Å². The van der Waals surface area contributed by atoms with Crippen LogP contribution in [0.25, 0.3) is 0 Å². The lowest BCUT2D eigenvalue weighted by Crippen LogP contribution is -1.92. The Morgan fingerprint density at radius 3 is 2.78 bits per heavy atom. The van der Waals surface area contributed by atoms with Gasteiger partial charge in [0.2, 0.25) is 0 Å². The van der Waals surface area contributed by atoms with Gasteiger partial charge in [-0.25, -0.2) is 0 Å². The van der Waals surface area contributed by atoms with Crippen LogP contribution < -0.4 is 0 Å². The van der Waals surface area contributed by atoms with Crippen molar-refractivity contribution >= 4 is 5.97 Å². The maximum atomic E-state index is 12.5. The summed E-state index contributed by atoms with van der Waals surface area (Å²) in [5.41, 5.74) is 0. The van der Waals surface area contributed by atoms with Crippen molar-refractivity contribution in [2.24, 2.45) is 10.9 Å². The summed E-state index contributed by atoms with van der Waals surface area (Å²) in [4.78, 5) is 3.75. The highest BCUT2D eigenvalue weighted by molar-refractivity contribution is 5.79. The highest BCUT2D eigenvalue weighted by atomic mass is 19.1. The van der Waals surface area contributed by atoms with Crippen LogP contribution in [0.3, 0.4) is 0 Å². The molecule has 0 aromatic heterocycles. The zero-order valence-corrected chi connectivity index (χ0v) is 5.73. The molecule has 0 amide bonds. The molecule has 1 nitrogen and oxygen atoms in total. The summed E-state index contributed by atoms with van der Waals surface area (Å²) in [5.74, 6) is 0.0911. The Labute approximate surface area is 55.0 Å². The zero-order chi connectivity index (χ0) is 6.69. The minimum absolute atomic E-state index is 0.114. The molecule has 0 saturated heterocycles. The van der Waals surface area contributed by atoms with Gasteiger partial charge < -0.3 is 0 Å². The van der Waals surface area contributed by atoms with Gasteiger partial charge in [-0.3, -0.25) is 4.99 Å². The number of hydrogen-bond acceptors (Lipinski definition) is 1. The molecule has 1 aliphatic rings. The van der Waals surface area contributed by atoms with Gasteiger partial charge in [-0.05, 0) is 19.3 Å². The first-order chi connectivity index (χ1) is 4.34. The van der Waals surface area contributed by atoms with E-state index in [1.54, 1.807) is 0 Å². The number of rotatable bonds is 3. The number of aliphatic imine (C=N–C) groups is 1. The van der Waals surface area contributed by atoms with E-state index in [1.807, 2.05) is 6.92 Å². The normalized spacial score (nSPS) is 20.4. The lowest BCUT2D eigenvalue weighted by Gasteiger charge is -1.88. The summed E-state index contributed by atoms with van der Waals surface area (Å²) in [7, 11) is 0. The Hall–Kier alpha value is -0.400. The summed E-state index contributed by atoms with van der Waals surface area (Å²) in [6, 6.07) is 0. The van der Waals surface area contributed by atoms with Gasteiger partial charge in [-0.1, -0.05) is 6.92 Å². The van der Waals surface area contributed by atoms with Crippen LogP contribution in [0.2, 0.25) is 0 Å². The molecule has 0 aromatic rings. The van der Waals surface area contributed by atoms with Crippen LogP contribution in [0.1, 0.15) is 26.2 Å². The zero-order valence-electron chi connectivity index (χ0n) is 5.73. The van der Waals surface area contributed by atoms with E-state index in [4.69, 9.17) is 0 Å². The van der Waals surface area contributed by atoms with Gasteiger partial charge >= 0.3 is 0 Å². The number of nitrogens with zero attached hydrogens (tertiary/aromatic N) is 1. The molecule has 1 rings (SSSR count). The molecule has 0 aromatic carbocycles. The second-order valence-corrected chi connectivity index (χ2v) is 2.48. The molecule has 0 N–H and O–H groups in total. The molecule has 52 valence electrons. The summed E-state index contributed by atoms with van der Waals surface area (Å²) >= 11 is 0. The first-order valence-corrected chi connectivity index (χ1v) is 3.54. The summed E-state index contributed by atoms with van der Waals surface area (Å²) in [6.07, 6.45) is 2.97. The van der Waals surface area contributed by atoms with E-state index < -0.39 is 0 Å². The van der Waals surface area contributed by atoms with Gasteiger partial charge in [0.05, 0.1) is 0 Å². The molecule has 0 atom stereocenters. The van der Waals surface area contributed by atoms with Crippen LogP contribution >= 0.6 is 0 Å². The fraction of sp³-hybridized carbons (Fsp3) is 0.857. The third-order valence-electron chi connectivity index (χ3n) is 1.40. The van der Waals surface area contributed by atoms with Crippen molar-refractivity contribution in [1.82, 2.24) is 0 Å². The molecule has 0 aliphatic heterocycles. The second kappa shape index (κ2) is 2.95. The van der Waals surface area contributed by atoms with Crippen molar-refractivity contribution in [3.8, 4) is 0 Å². The van der Waals surface area contributed by atoms with Crippen LogP contribution in [0, 0.1) is 5.92 Å². The third kappa shape index (κ3) is 2.12. The average molecular weight is 129 g/mol. The van der Waals surface area contributed by atoms with Crippen LogP contribution in [0.5, 0.6) is 0 Å². The molecule has 0 radical (unpaired) electrons. The lowest BCUT2D eigenvalue weighted by molar-refractivity contribution is 0.734. The smallest absolute Gasteiger partial charge is 0.187 e. The molecule has 0 bridgehead atoms. The standard InChI is InChI=1S/C7H12FN/c1-2-5-9-7(8)6-3-4-6/h6H,2-5H2,1H3. The lowest BCUT2D eigenvalue weighted by atomic mass is 10.4. The average Bonchev–Trinajstić information content (AvgIpc) is 2.63. The quantitative estimate of drug-likeness (QED) is 0.518. The first-order valence-electron chi connectivity index (χ1n) is 3.54. The van der Waals surface area contributed by atoms with Gasteiger partial charge in [-0.2, -0.15) is 4.39 Å². The van der Waals surface area contributed by atoms with E-state index in [-0.39, 0.29) is 11.9 Å². The molecule has 1 fully saturated rings. The monoisotopic (exact) mass is 129 g/mol. The highest BCUT2D eigenvalue weighted by Crippen LogP contribution is 2.30. The first kappa shape index (κ1) is 6.72. The van der Waals surface area contributed by atoms with E-state index in [9.17, 15) is 4.39 Å². The summed E-state index contributed by atoms with van der Waals surface area (Å²) < 4.78 is 12.5. The predicted molar refractivity (Wildman–Crippen MR) is 36.4 cm³/mol. The van der Waals surface area contributed by atoms with Crippen LogP contribution in [0.15, 0.2) is 4.99 Å². The Bertz CT molecular complexity index is 116. The third-order valence-corrected chi connectivity index (χ3v) is 1.40. The molecule has 0 heterocycles. The maximum Gasteiger partial charge on any atom is 0.187 e. The van der Waals surface area contributed by atoms with Gasteiger partial charge in [0.15, 0.2) is 5.97 Å². The molecular formula is C7H12FN. The van der Waals surface area contributed by atoms with E-state index in [1.165, 1.54) is 0 Å². The van der Waals surface area contributed by atoms with Crippen molar-refractivity contribution in [3.63, 3.8) is 0 Å². The Kier molecular flexibility index (Phi) is 2.20. The van der Waals surface area contributed by atoms with E-state index >= 15 is 0 Å². The topological polar surface area (TPSA) is 12.4 Å². The molecule has 0 unspecified atom stereocenters. The fourth-order valence-electron chi connectivity index (χ4n) is 0.669. The summed E-state index contributed by atoms with van der Waals surface area (Å²) in [6.45, 7) is 2.66. The Balaban J connectivity index is 2.20. The van der Waals surface area contributed by atoms with Crippen molar-refractivity contribution in [2.45, 2.75) is 26.2 Å². The summed E-state index contributed by atoms with van der Waals surface area (Å²) in [5, 5.41) is 0. The number of halogens is 1. The van der Waals surface area contributed by atoms with Crippen molar-refractivity contribution in [1.29, 1.82) is 0 Å². The van der Waals surface area contributed by atoms with Crippen molar-refractivity contribution in [2.75, 3.05) is 6.54 Å². The SMILES string of the molecule is CCCN=C(F)C1CC1. The minimum Gasteiger partial charge on any atom is -0.262 e. The molecule has 2 heteroatoms. The second-order valence-electron chi connectivity index (χ2n) is 2.48. The van der Waals surface area contributed by atoms with E-state index in [0.29, 0.717) is 6.54 Å². The fourth-order valence-corrected chi connectivity index (χ4v) is 0.669. The van der Waals surface area contributed by atoms with E-state index in [2.05, 4.69) is 4.99 Å². The molecule has 1 aliphatic carbocycles. The van der Waals surface area contributed by atoms with Crippen LogP contribution in [-0.2, 0) is 0 Å². The minimum atomic E-state index is -0.114. The largest absolute Gasteiger partial charge is 0.262 e. The van der Waals surface area contributed by atoms with Crippen molar-refractivity contribution in [3.05, 3.63) is 0 Å². The van der Waals surface area contributed by atoms with Gasteiger partial charge in [0, 0.05) is 12.5 Å². The van der Waals surface area contributed by atoms with Crippen LogP contribution in [-0.4, -0.2) is 12.5 Å². The van der Waals surface area contributed by atoms with E-state index in [0.717, 1.165) is 19.3 Å². The van der Waals surface area contributed by atoms with Gasteiger partial charge in [-0.15, -0.1) is 0 Å². The van der Waals surface area contributed by atoms with Crippen molar-refractivity contribution < 1.29 is 4.39 Å². The maximum absolute atomic E-state index is 12.5. The van der Waals surface area contributed by atoms with Crippen LogP contribution in [0.4, 0.5) is 4.39 Å². The molecule has 1 saturated carbocycles. The molecule has 9 heavy (non-hydrogen) atoms. The predicted octanol–water partition coefficient (Wildman–Crippen LogP) is 2.17. The Morgan fingerprint density at radius 1 is 1.67 bits per heavy atom. The highest BCUT2D eigenvalue weighted by Gasteiger charge is 2.27. The molecular weight excluding hydrogens is 117 g/mol.